The molecule has 2 unspecified atom stereocenters. The van der Waals surface area contributed by atoms with Gasteiger partial charge in [-0.3, -0.25) is 0 Å². The zero-order valence-electron chi connectivity index (χ0n) is 13.5. The van der Waals surface area contributed by atoms with E-state index in [9.17, 15) is 0 Å². The molecule has 0 radical (unpaired) electrons. The van der Waals surface area contributed by atoms with Crippen LogP contribution in [0.4, 0.5) is 0 Å². The van der Waals surface area contributed by atoms with Gasteiger partial charge in [-0.05, 0) is 43.4 Å². The highest BCUT2D eigenvalue weighted by Crippen LogP contribution is 2.26. The second-order valence-corrected chi connectivity index (χ2v) is 6.30. The molecule has 0 aliphatic carbocycles. The Labute approximate surface area is 116 Å². The normalized spacial score (nSPS) is 15.4. The van der Waals surface area contributed by atoms with Crippen molar-refractivity contribution in [3.63, 3.8) is 0 Å². The predicted octanol–water partition coefficient (Wildman–Crippen LogP) is 6.61. The minimum Gasteiger partial charge on any atom is -0.0885 e. The molecule has 0 aromatic heterocycles. The van der Waals surface area contributed by atoms with Crippen molar-refractivity contribution in [1.29, 1.82) is 0 Å². The number of hydrogen-bond donors (Lipinski definition) is 0. The highest BCUT2D eigenvalue weighted by atomic mass is 14.2. The third kappa shape index (κ3) is 9.74. The molecule has 0 spiro atoms. The lowest BCUT2D eigenvalue weighted by Gasteiger charge is -2.23. The Morgan fingerprint density at radius 2 is 1.50 bits per heavy atom. The van der Waals surface area contributed by atoms with Crippen LogP contribution in [0.3, 0.4) is 0 Å². The molecule has 0 fully saturated rings. The van der Waals surface area contributed by atoms with Crippen LogP contribution in [-0.4, -0.2) is 0 Å². The van der Waals surface area contributed by atoms with Gasteiger partial charge in [0.2, 0.25) is 0 Å². The van der Waals surface area contributed by atoms with Gasteiger partial charge in [-0.15, -0.1) is 0 Å². The molecule has 108 valence electrons. The smallest absolute Gasteiger partial charge is 0.0351 e. The van der Waals surface area contributed by atoms with Gasteiger partial charge in [0.25, 0.3) is 0 Å². The second kappa shape index (κ2) is 11.8. The molecule has 0 aromatic rings. The third-order valence-electron chi connectivity index (χ3n) is 4.15. The minimum atomic E-state index is 0.841. The van der Waals surface area contributed by atoms with Crippen LogP contribution in [0.25, 0.3) is 0 Å². The molecule has 0 aliphatic rings. The summed E-state index contributed by atoms with van der Waals surface area (Å²) in [6.07, 6.45) is 15.6. The van der Waals surface area contributed by atoms with E-state index in [0.717, 1.165) is 17.8 Å². The number of hydrogen-bond acceptors (Lipinski definition) is 0. The van der Waals surface area contributed by atoms with Crippen molar-refractivity contribution in [3.8, 4) is 0 Å². The van der Waals surface area contributed by atoms with Crippen LogP contribution in [0, 0.1) is 17.8 Å². The Hall–Kier alpha value is -0.260. The molecule has 0 saturated heterocycles. The molecule has 0 saturated carbocycles. The molecule has 18 heavy (non-hydrogen) atoms. The lowest BCUT2D eigenvalue weighted by atomic mass is 9.83. The Morgan fingerprint density at radius 1 is 0.833 bits per heavy atom. The number of rotatable bonds is 11. The van der Waals surface area contributed by atoms with Gasteiger partial charge >= 0.3 is 0 Å². The maximum atomic E-state index is 2.43. The first-order valence-corrected chi connectivity index (χ1v) is 8.26. The molecule has 0 N–H and O–H groups in total. The molecule has 0 aromatic carbocycles. The Bertz CT molecular complexity index is 190. The third-order valence-corrected chi connectivity index (χ3v) is 4.15. The Balaban J connectivity index is 3.82. The molecule has 0 rings (SSSR count). The van der Waals surface area contributed by atoms with Crippen LogP contribution in [0.5, 0.6) is 0 Å². The molecular weight excluding hydrogens is 216 g/mol. The fraction of sp³-hybridized carbons (Fsp3) is 0.889. The first kappa shape index (κ1) is 17.7. The van der Waals surface area contributed by atoms with E-state index in [1.165, 1.54) is 51.4 Å². The standard InChI is InChI=1S/C18H36/c1-6-8-9-10-11-12-14-18(13-7-2)15-17(5)16(3)4/h9-10,16-18H,6-8,11-15H2,1-5H3. The summed E-state index contributed by atoms with van der Waals surface area (Å²) in [7, 11) is 0. The maximum Gasteiger partial charge on any atom is -0.0351 e. The van der Waals surface area contributed by atoms with E-state index in [0.29, 0.717) is 0 Å². The van der Waals surface area contributed by atoms with Gasteiger partial charge in [-0.2, -0.15) is 0 Å². The zero-order valence-corrected chi connectivity index (χ0v) is 13.5. The van der Waals surface area contributed by atoms with Gasteiger partial charge in [0.05, 0.1) is 0 Å². The van der Waals surface area contributed by atoms with E-state index in [4.69, 9.17) is 0 Å². The van der Waals surface area contributed by atoms with Gasteiger partial charge in [0.1, 0.15) is 0 Å². The Kier molecular flexibility index (Phi) is 11.6. The van der Waals surface area contributed by atoms with Crippen LogP contribution in [0.2, 0.25) is 0 Å². The quantitative estimate of drug-likeness (QED) is 0.286. The van der Waals surface area contributed by atoms with Crippen LogP contribution in [-0.2, 0) is 0 Å². The molecule has 0 bridgehead atoms. The molecular formula is C18H36. The topological polar surface area (TPSA) is 0 Å². The summed E-state index contributed by atoms with van der Waals surface area (Å²) < 4.78 is 0. The molecule has 0 nitrogen and oxygen atoms in total. The average Bonchev–Trinajstić information content (AvgIpc) is 2.33. The maximum absolute atomic E-state index is 2.43. The van der Waals surface area contributed by atoms with Gasteiger partial charge in [0.15, 0.2) is 0 Å². The fourth-order valence-corrected chi connectivity index (χ4v) is 2.51. The molecule has 0 aliphatic heterocycles. The van der Waals surface area contributed by atoms with Crippen molar-refractivity contribution in [1.82, 2.24) is 0 Å². The summed E-state index contributed by atoms with van der Waals surface area (Å²) in [5.41, 5.74) is 0. The fourth-order valence-electron chi connectivity index (χ4n) is 2.51. The van der Waals surface area contributed by atoms with Crippen molar-refractivity contribution in [2.75, 3.05) is 0 Å². The lowest BCUT2D eigenvalue weighted by Crippen LogP contribution is -2.11. The molecule has 0 amide bonds. The molecule has 0 heteroatoms. The van der Waals surface area contributed by atoms with E-state index in [2.05, 4.69) is 46.8 Å². The monoisotopic (exact) mass is 252 g/mol. The van der Waals surface area contributed by atoms with Crippen molar-refractivity contribution in [3.05, 3.63) is 12.2 Å². The summed E-state index contributed by atoms with van der Waals surface area (Å²) in [6, 6.07) is 0. The number of allylic oxidation sites excluding steroid dienone is 2. The summed E-state index contributed by atoms with van der Waals surface area (Å²) in [5, 5.41) is 0. The van der Waals surface area contributed by atoms with Crippen molar-refractivity contribution >= 4 is 0 Å². The van der Waals surface area contributed by atoms with Crippen molar-refractivity contribution in [2.24, 2.45) is 17.8 Å². The van der Waals surface area contributed by atoms with Crippen LogP contribution in [0.1, 0.15) is 86.0 Å². The molecule has 2 atom stereocenters. The predicted molar refractivity (Wildman–Crippen MR) is 84.9 cm³/mol. The van der Waals surface area contributed by atoms with Gasteiger partial charge in [-0.25, -0.2) is 0 Å². The molecule has 0 heterocycles. The van der Waals surface area contributed by atoms with E-state index in [1.807, 2.05) is 0 Å². The summed E-state index contributed by atoms with van der Waals surface area (Å²) in [6.45, 7) is 11.7. The van der Waals surface area contributed by atoms with Crippen molar-refractivity contribution in [2.45, 2.75) is 86.0 Å². The lowest BCUT2D eigenvalue weighted by molar-refractivity contribution is 0.290. The van der Waals surface area contributed by atoms with E-state index in [1.54, 1.807) is 0 Å². The van der Waals surface area contributed by atoms with Gasteiger partial charge in [0, 0.05) is 0 Å². The van der Waals surface area contributed by atoms with Crippen LogP contribution < -0.4 is 0 Å². The van der Waals surface area contributed by atoms with Gasteiger partial charge in [-0.1, -0.05) is 72.5 Å². The minimum absolute atomic E-state index is 0.841. The first-order chi connectivity index (χ1) is 8.61. The summed E-state index contributed by atoms with van der Waals surface area (Å²) in [5.74, 6) is 2.69. The van der Waals surface area contributed by atoms with Crippen LogP contribution in [0.15, 0.2) is 12.2 Å². The summed E-state index contributed by atoms with van der Waals surface area (Å²) >= 11 is 0. The average molecular weight is 252 g/mol. The highest BCUT2D eigenvalue weighted by Gasteiger charge is 2.14. The van der Waals surface area contributed by atoms with E-state index in [-0.39, 0.29) is 0 Å². The SMILES string of the molecule is CCCC=CCCCC(CCC)CC(C)C(C)C. The largest absolute Gasteiger partial charge is 0.0885 e. The second-order valence-electron chi connectivity index (χ2n) is 6.30. The number of unbranched alkanes of at least 4 members (excludes halogenated alkanes) is 2. The summed E-state index contributed by atoms with van der Waals surface area (Å²) in [4.78, 5) is 0. The van der Waals surface area contributed by atoms with E-state index < -0.39 is 0 Å². The highest BCUT2D eigenvalue weighted by molar-refractivity contribution is 4.81. The zero-order chi connectivity index (χ0) is 13.8. The van der Waals surface area contributed by atoms with Crippen LogP contribution >= 0.6 is 0 Å². The first-order valence-electron chi connectivity index (χ1n) is 8.26. The van der Waals surface area contributed by atoms with Crippen molar-refractivity contribution < 1.29 is 0 Å². The van der Waals surface area contributed by atoms with Gasteiger partial charge < -0.3 is 0 Å². The Morgan fingerprint density at radius 3 is 2.06 bits per heavy atom. The van der Waals surface area contributed by atoms with E-state index >= 15 is 0 Å².